The molecule has 28 heavy (non-hydrogen) atoms. The summed E-state index contributed by atoms with van der Waals surface area (Å²) in [7, 11) is 0. The minimum absolute atomic E-state index is 0.0385. The number of benzene rings is 2. The van der Waals surface area contributed by atoms with Crippen molar-refractivity contribution in [2.75, 3.05) is 10.6 Å². The highest BCUT2D eigenvalue weighted by atomic mass is 32.2. The summed E-state index contributed by atoms with van der Waals surface area (Å²) >= 11 is 2.86. The van der Waals surface area contributed by atoms with E-state index < -0.39 is 0 Å². The van der Waals surface area contributed by atoms with Crippen LogP contribution in [-0.4, -0.2) is 21.4 Å². The maximum Gasteiger partial charge on any atom is 0.237 e. The van der Waals surface area contributed by atoms with Crippen LogP contribution in [0, 0.1) is 27.7 Å². The van der Waals surface area contributed by atoms with E-state index in [2.05, 4.69) is 46.0 Å². The first-order chi connectivity index (χ1) is 13.3. The monoisotopic (exact) mass is 412 g/mol. The van der Waals surface area contributed by atoms with E-state index in [1.165, 1.54) is 34.2 Å². The van der Waals surface area contributed by atoms with Crippen molar-refractivity contribution in [3.05, 3.63) is 58.7 Å². The second-order valence-corrected chi connectivity index (χ2v) is 9.46. The Labute approximate surface area is 174 Å². The number of carbonyl (C=O) groups excluding carboxylic acids is 1. The third-order valence-electron chi connectivity index (χ3n) is 4.25. The fourth-order valence-corrected chi connectivity index (χ4v) is 4.88. The molecule has 0 saturated carbocycles. The van der Waals surface area contributed by atoms with Gasteiger partial charge >= 0.3 is 0 Å². The van der Waals surface area contributed by atoms with Crippen LogP contribution < -0.4 is 10.6 Å². The van der Waals surface area contributed by atoms with E-state index in [1.807, 2.05) is 45.9 Å². The standard InChI is InChI=1S/C21H24N4OS2/c1-12-7-6-8-17(11-12)22-20-24-25-21(28-20)27-16(5)19(26)23-18-14(3)9-13(2)10-15(18)4/h6-11,16H,1-5H3,(H,22,24)(H,23,26)/t16-/m0/s1. The van der Waals surface area contributed by atoms with Crippen LogP contribution in [0.3, 0.4) is 0 Å². The van der Waals surface area contributed by atoms with Gasteiger partial charge in [0.25, 0.3) is 0 Å². The van der Waals surface area contributed by atoms with Crippen molar-refractivity contribution >= 4 is 45.5 Å². The number of nitrogens with one attached hydrogen (secondary N) is 2. The van der Waals surface area contributed by atoms with Crippen molar-refractivity contribution in [3.8, 4) is 0 Å². The van der Waals surface area contributed by atoms with Gasteiger partial charge < -0.3 is 10.6 Å². The van der Waals surface area contributed by atoms with E-state index in [-0.39, 0.29) is 11.2 Å². The van der Waals surface area contributed by atoms with E-state index in [0.29, 0.717) is 5.13 Å². The van der Waals surface area contributed by atoms with Crippen molar-refractivity contribution in [1.82, 2.24) is 10.2 Å². The van der Waals surface area contributed by atoms with Crippen molar-refractivity contribution in [3.63, 3.8) is 0 Å². The summed E-state index contributed by atoms with van der Waals surface area (Å²) in [6.45, 7) is 10.0. The molecule has 1 atom stereocenters. The van der Waals surface area contributed by atoms with Crippen molar-refractivity contribution < 1.29 is 4.79 Å². The summed E-state index contributed by atoms with van der Waals surface area (Å²) < 4.78 is 0.759. The van der Waals surface area contributed by atoms with Crippen LogP contribution in [0.15, 0.2) is 40.7 Å². The van der Waals surface area contributed by atoms with Crippen LogP contribution in [0.25, 0.3) is 0 Å². The van der Waals surface area contributed by atoms with Gasteiger partial charge in [0.1, 0.15) is 0 Å². The Morgan fingerprint density at radius 3 is 2.43 bits per heavy atom. The predicted molar refractivity (Wildman–Crippen MR) is 119 cm³/mol. The van der Waals surface area contributed by atoms with E-state index in [9.17, 15) is 4.79 Å². The smallest absolute Gasteiger partial charge is 0.237 e. The third kappa shape index (κ3) is 5.11. The summed E-state index contributed by atoms with van der Waals surface area (Å²) in [6, 6.07) is 12.2. The van der Waals surface area contributed by atoms with Crippen molar-refractivity contribution in [2.24, 2.45) is 0 Å². The molecule has 3 aromatic rings. The van der Waals surface area contributed by atoms with E-state index >= 15 is 0 Å². The molecule has 0 spiro atoms. The first kappa shape index (κ1) is 20.4. The summed E-state index contributed by atoms with van der Waals surface area (Å²) in [5.74, 6) is -0.0385. The molecule has 1 aromatic heterocycles. The maximum absolute atomic E-state index is 12.7. The Morgan fingerprint density at radius 1 is 1.04 bits per heavy atom. The lowest BCUT2D eigenvalue weighted by Crippen LogP contribution is -2.23. The first-order valence-electron chi connectivity index (χ1n) is 9.04. The molecule has 0 saturated heterocycles. The molecule has 0 aliphatic heterocycles. The number of hydrogen-bond donors (Lipinski definition) is 2. The van der Waals surface area contributed by atoms with Crippen LogP contribution in [0.4, 0.5) is 16.5 Å². The van der Waals surface area contributed by atoms with Gasteiger partial charge in [0.2, 0.25) is 11.0 Å². The number of anilines is 3. The first-order valence-corrected chi connectivity index (χ1v) is 10.7. The van der Waals surface area contributed by atoms with Gasteiger partial charge in [-0.05, 0) is 63.4 Å². The molecule has 0 radical (unpaired) electrons. The fourth-order valence-electron chi connectivity index (χ4n) is 2.96. The molecular formula is C21H24N4OS2. The lowest BCUT2D eigenvalue weighted by Gasteiger charge is -2.15. The summed E-state index contributed by atoms with van der Waals surface area (Å²) in [4.78, 5) is 12.7. The van der Waals surface area contributed by atoms with Gasteiger partial charge in [0, 0.05) is 11.4 Å². The number of rotatable bonds is 6. The highest BCUT2D eigenvalue weighted by Gasteiger charge is 2.19. The Bertz CT molecular complexity index is 977. The Morgan fingerprint density at radius 2 is 1.75 bits per heavy atom. The summed E-state index contributed by atoms with van der Waals surface area (Å²) in [5, 5.41) is 15.1. The molecule has 1 heterocycles. The average Bonchev–Trinajstić information content (AvgIpc) is 3.04. The van der Waals surface area contributed by atoms with E-state index in [4.69, 9.17) is 0 Å². The predicted octanol–water partition coefficient (Wildman–Crippen LogP) is 5.63. The summed E-state index contributed by atoms with van der Waals surface area (Å²) in [6.07, 6.45) is 0. The zero-order chi connectivity index (χ0) is 20.3. The molecule has 0 bridgehead atoms. The number of hydrogen-bond acceptors (Lipinski definition) is 6. The van der Waals surface area contributed by atoms with Crippen molar-refractivity contribution in [2.45, 2.75) is 44.2 Å². The highest BCUT2D eigenvalue weighted by molar-refractivity contribution is 8.02. The average molecular weight is 413 g/mol. The number of thioether (sulfide) groups is 1. The minimum Gasteiger partial charge on any atom is -0.330 e. The Balaban J connectivity index is 1.62. The normalized spacial score (nSPS) is 11.9. The molecule has 5 nitrogen and oxygen atoms in total. The van der Waals surface area contributed by atoms with E-state index in [0.717, 1.165) is 26.8 Å². The number of aryl methyl sites for hydroxylation is 4. The van der Waals surface area contributed by atoms with Gasteiger partial charge in [-0.3, -0.25) is 4.79 Å². The van der Waals surface area contributed by atoms with Gasteiger partial charge in [-0.2, -0.15) is 0 Å². The maximum atomic E-state index is 12.7. The lowest BCUT2D eigenvalue weighted by molar-refractivity contribution is -0.115. The molecule has 2 aromatic carbocycles. The zero-order valence-electron chi connectivity index (χ0n) is 16.7. The molecule has 1 amide bonds. The van der Waals surface area contributed by atoms with Crippen LogP contribution in [-0.2, 0) is 4.79 Å². The molecule has 146 valence electrons. The van der Waals surface area contributed by atoms with Gasteiger partial charge in [0.05, 0.1) is 5.25 Å². The van der Waals surface area contributed by atoms with Crippen LogP contribution >= 0.6 is 23.1 Å². The molecule has 0 aliphatic rings. The SMILES string of the molecule is Cc1cccc(Nc2nnc(S[C@@H](C)C(=O)Nc3c(C)cc(C)cc3C)s2)c1. The van der Waals surface area contributed by atoms with Gasteiger partial charge in [-0.25, -0.2) is 0 Å². The Kier molecular flexibility index (Phi) is 6.36. The molecule has 3 rings (SSSR count). The second kappa shape index (κ2) is 8.75. The lowest BCUT2D eigenvalue weighted by atomic mass is 10.1. The van der Waals surface area contributed by atoms with Crippen molar-refractivity contribution in [1.29, 1.82) is 0 Å². The largest absolute Gasteiger partial charge is 0.330 e. The van der Waals surface area contributed by atoms with Crippen LogP contribution in [0.1, 0.15) is 29.2 Å². The number of nitrogens with zero attached hydrogens (tertiary/aromatic N) is 2. The highest BCUT2D eigenvalue weighted by Crippen LogP contribution is 2.31. The molecule has 0 aliphatic carbocycles. The Hall–Kier alpha value is -2.38. The number of aromatic nitrogens is 2. The minimum atomic E-state index is -0.278. The fraction of sp³-hybridized carbons (Fsp3) is 0.286. The van der Waals surface area contributed by atoms with E-state index in [1.54, 1.807) is 0 Å². The van der Waals surface area contributed by atoms with Gasteiger partial charge in [-0.1, -0.05) is 52.9 Å². The molecule has 0 unspecified atom stereocenters. The molecular weight excluding hydrogens is 388 g/mol. The molecule has 7 heteroatoms. The number of carbonyl (C=O) groups is 1. The van der Waals surface area contributed by atoms with Gasteiger partial charge in [0.15, 0.2) is 4.34 Å². The van der Waals surface area contributed by atoms with Crippen LogP contribution in [0.5, 0.6) is 0 Å². The van der Waals surface area contributed by atoms with Crippen LogP contribution in [0.2, 0.25) is 0 Å². The number of amides is 1. The summed E-state index contributed by atoms with van der Waals surface area (Å²) in [5.41, 5.74) is 6.38. The zero-order valence-corrected chi connectivity index (χ0v) is 18.3. The van der Waals surface area contributed by atoms with Gasteiger partial charge in [-0.15, -0.1) is 10.2 Å². The molecule has 2 N–H and O–H groups in total. The quantitative estimate of drug-likeness (QED) is 0.513. The second-order valence-electron chi connectivity index (χ2n) is 6.89. The molecule has 0 fully saturated rings. The topological polar surface area (TPSA) is 66.9 Å². The third-order valence-corrected chi connectivity index (χ3v) is 6.27.